The molecule has 2 atom stereocenters. The molecule has 1 fully saturated rings. The molecule has 0 heterocycles. The van der Waals surface area contributed by atoms with Crippen LogP contribution in [0.25, 0.3) is 0 Å². The van der Waals surface area contributed by atoms with E-state index in [2.05, 4.69) is 10.1 Å². The van der Waals surface area contributed by atoms with Gasteiger partial charge in [-0.05, 0) is 25.2 Å². The smallest absolute Gasteiger partial charge is 0.372 e. The summed E-state index contributed by atoms with van der Waals surface area (Å²) < 4.78 is 39.7. The van der Waals surface area contributed by atoms with Crippen molar-refractivity contribution in [2.24, 2.45) is 5.92 Å². The van der Waals surface area contributed by atoms with E-state index in [0.717, 1.165) is 25.7 Å². The topological polar surface area (TPSA) is 38.3 Å². The molecule has 112 valence electrons. The summed E-state index contributed by atoms with van der Waals surface area (Å²) in [7, 11) is 0. The number of halogens is 4. The molecular formula is C12H19ClF3NO2. The number of hydrogen-bond acceptors (Lipinski definition) is 2. The van der Waals surface area contributed by atoms with Crippen molar-refractivity contribution in [2.75, 3.05) is 19.8 Å². The van der Waals surface area contributed by atoms with Crippen LogP contribution in [0.4, 0.5) is 13.2 Å². The standard InChI is InChI=1S/C12H19ClF3NO2/c13-10-3-1-2-9(6-10)7-17-11(18)4-5-19-8-12(14,15)16/h9-10H,1-8H2,(H,17,18). The van der Waals surface area contributed by atoms with Gasteiger partial charge in [-0.25, -0.2) is 0 Å². The zero-order valence-electron chi connectivity index (χ0n) is 10.6. The molecule has 0 saturated heterocycles. The average Bonchev–Trinajstić information content (AvgIpc) is 2.31. The Kier molecular flexibility index (Phi) is 6.93. The van der Waals surface area contributed by atoms with Crippen molar-refractivity contribution in [2.45, 2.75) is 43.7 Å². The molecule has 0 spiro atoms. The molecule has 1 N–H and O–H groups in total. The summed E-state index contributed by atoms with van der Waals surface area (Å²) >= 11 is 6.03. The van der Waals surface area contributed by atoms with Crippen LogP contribution in [-0.2, 0) is 9.53 Å². The molecule has 7 heteroatoms. The maximum absolute atomic E-state index is 11.8. The van der Waals surface area contributed by atoms with Crippen LogP contribution in [-0.4, -0.2) is 37.2 Å². The van der Waals surface area contributed by atoms with E-state index in [1.165, 1.54) is 0 Å². The maximum atomic E-state index is 11.8. The van der Waals surface area contributed by atoms with Gasteiger partial charge in [0.2, 0.25) is 5.91 Å². The lowest BCUT2D eigenvalue weighted by Gasteiger charge is -2.25. The van der Waals surface area contributed by atoms with Crippen LogP contribution in [0, 0.1) is 5.92 Å². The highest BCUT2D eigenvalue weighted by Crippen LogP contribution is 2.27. The van der Waals surface area contributed by atoms with Gasteiger partial charge in [0.1, 0.15) is 6.61 Å². The zero-order chi connectivity index (χ0) is 14.3. The van der Waals surface area contributed by atoms with Crippen LogP contribution in [0.3, 0.4) is 0 Å². The second-order valence-electron chi connectivity index (χ2n) is 4.85. The van der Waals surface area contributed by atoms with E-state index in [-0.39, 0.29) is 24.3 Å². The van der Waals surface area contributed by atoms with Crippen LogP contribution < -0.4 is 5.32 Å². The maximum Gasteiger partial charge on any atom is 0.411 e. The third-order valence-corrected chi connectivity index (χ3v) is 3.44. The Morgan fingerprint density at radius 2 is 2.11 bits per heavy atom. The second-order valence-corrected chi connectivity index (χ2v) is 5.47. The normalized spacial score (nSPS) is 24.2. The minimum absolute atomic E-state index is 0.0485. The van der Waals surface area contributed by atoms with E-state index < -0.39 is 12.8 Å². The van der Waals surface area contributed by atoms with Gasteiger partial charge in [-0.15, -0.1) is 11.6 Å². The van der Waals surface area contributed by atoms with Gasteiger partial charge in [-0.2, -0.15) is 13.2 Å². The molecule has 0 aromatic rings. The first-order chi connectivity index (χ1) is 8.87. The van der Waals surface area contributed by atoms with Crippen LogP contribution in [0.5, 0.6) is 0 Å². The van der Waals surface area contributed by atoms with Gasteiger partial charge in [-0.3, -0.25) is 4.79 Å². The van der Waals surface area contributed by atoms with Crippen LogP contribution in [0.1, 0.15) is 32.1 Å². The van der Waals surface area contributed by atoms with E-state index in [4.69, 9.17) is 11.6 Å². The molecular weight excluding hydrogens is 283 g/mol. The molecule has 1 aliphatic rings. The van der Waals surface area contributed by atoms with Gasteiger partial charge in [0.05, 0.1) is 6.61 Å². The average molecular weight is 302 g/mol. The Morgan fingerprint density at radius 3 is 2.74 bits per heavy atom. The second kappa shape index (κ2) is 7.94. The minimum Gasteiger partial charge on any atom is -0.372 e. The van der Waals surface area contributed by atoms with E-state index in [9.17, 15) is 18.0 Å². The lowest BCUT2D eigenvalue weighted by Crippen LogP contribution is -2.32. The van der Waals surface area contributed by atoms with Crippen molar-refractivity contribution >= 4 is 17.5 Å². The van der Waals surface area contributed by atoms with Gasteiger partial charge in [0.25, 0.3) is 0 Å². The van der Waals surface area contributed by atoms with Crippen molar-refractivity contribution in [1.29, 1.82) is 0 Å². The van der Waals surface area contributed by atoms with Gasteiger partial charge in [0.15, 0.2) is 0 Å². The molecule has 3 nitrogen and oxygen atoms in total. The summed E-state index contributed by atoms with van der Waals surface area (Å²) in [4.78, 5) is 11.4. The molecule has 19 heavy (non-hydrogen) atoms. The quantitative estimate of drug-likeness (QED) is 0.605. The highest BCUT2D eigenvalue weighted by atomic mass is 35.5. The summed E-state index contributed by atoms with van der Waals surface area (Å²) in [5, 5.41) is 2.88. The summed E-state index contributed by atoms with van der Waals surface area (Å²) in [5.41, 5.74) is 0. The predicted molar refractivity (Wildman–Crippen MR) is 66.1 cm³/mol. The van der Waals surface area contributed by atoms with Crippen molar-refractivity contribution in [3.05, 3.63) is 0 Å². The summed E-state index contributed by atoms with van der Waals surface area (Å²) in [6.07, 6.45) is -0.401. The first-order valence-corrected chi connectivity index (χ1v) is 6.85. The summed E-state index contributed by atoms with van der Waals surface area (Å²) in [5.74, 6) is 0.0927. The number of ether oxygens (including phenoxy) is 1. The fraction of sp³-hybridized carbons (Fsp3) is 0.917. The summed E-state index contributed by atoms with van der Waals surface area (Å²) in [6.45, 7) is -0.980. The van der Waals surface area contributed by atoms with Crippen LogP contribution in [0.2, 0.25) is 0 Å². The third-order valence-electron chi connectivity index (χ3n) is 3.05. The minimum atomic E-state index is -4.34. The highest BCUT2D eigenvalue weighted by Gasteiger charge is 2.27. The van der Waals surface area contributed by atoms with E-state index in [0.29, 0.717) is 12.5 Å². The Morgan fingerprint density at radius 1 is 1.37 bits per heavy atom. The number of alkyl halides is 4. The van der Waals surface area contributed by atoms with Crippen molar-refractivity contribution in [3.63, 3.8) is 0 Å². The number of rotatable bonds is 6. The molecule has 1 rings (SSSR count). The third kappa shape index (κ3) is 8.31. The molecule has 0 aliphatic heterocycles. The number of amides is 1. The predicted octanol–water partition coefficient (Wildman–Crippen LogP) is 2.87. The molecule has 1 aliphatic carbocycles. The molecule has 0 bridgehead atoms. The Labute approximate surface area is 115 Å². The summed E-state index contributed by atoms with van der Waals surface area (Å²) in [6, 6.07) is 0. The van der Waals surface area contributed by atoms with Crippen LogP contribution >= 0.6 is 11.6 Å². The van der Waals surface area contributed by atoms with E-state index in [1.807, 2.05) is 0 Å². The first kappa shape index (κ1) is 16.6. The van der Waals surface area contributed by atoms with Crippen molar-refractivity contribution < 1.29 is 22.7 Å². The number of nitrogens with one attached hydrogen (secondary N) is 1. The number of carbonyl (C=O) groups is 1. The van der Waals surface area contributed by atoms with E-state index >= 15 is 0 Å². The Hall–Kier alpha value is -0.490. The fourth-order valence-corrected chi connectivity index (χ4v) is 2.52. The lowest BCUT2D eigenvalue weighted by molar-refractivity contribution is -0.174. The van der Waals surface area contributed by atoms with Gasteiger partial charge >= 0.3 is 6.18 Å². The lowest BCUT2D eigenvalue weighted by atomic mass is 9.89. The number of hydrogen-bond donors (Lipinski definition) is 1. The van der Waals surface area contributed by atoms with Crippen molar-refractivity contribution in [1.82, 2.24) is 5.32 Å². The zero-order valence-corrected chi connectivity index (χ0v) is 11.4. The van der Waals surface area contributed by atoms with Gasteiger partial charge in [0, 0.05) is 18.3 Å². The molecule has 2 unspecified atom stereocenters. The van der Waals surface area contributed by atoms with E-state index in [1.54, 1.807) is 0 Å². The van der Waals surface area contributed by atoms with Crippen molar-refractivity contribution in [3.8, 4) is 0 Å². The fourth-order valence-electron chi connectivity index (χ4n) is 2.11. The molecule has 0 aromatic heterocycles. The molecule has 0 radical (unpaired) electrons. The molecule has 1 amide bonds. The monoisotopic (exact) mass is 301 g/mol. The highest BCUT2D eigenvalue weighted by molar-refractivity contribution is 6.20. The first-order valence-electron chi connectivity index (χ1n) is 6.42. The Balaban J connectivity index is 2.04. The van der Waals surface area contributed by atoms with Gasteiger partial charge in [-0.1, -0.05) is 6.42 Å². The SMILES string of the molecule is O=C(CCOCC(F)(F)F)NCC1CCCC(Cl)C1. The van der Waals surface area contributed by atoms with Gasteiger partial charge < -0.3 is 10.1 Å². The molecule has 0 aromatic carbocycles. The Bertz CT molecular complexity index is 287. The largest absolute Gasteiger partial charge is 0.411 e. The van der Waals surface area contributed by atoms with Crippen LogP contribution in [0.15, 0.2) is 0 Å². The number of carbonyl (C=O) groups excluding carboxylic acids is 1. The molecule has 1 saturated carbocycles.